The lowest BCUT2D eigenvalue weighted by Gasteiger charge is -2.19. The molecule has 0 N–H and O–H groups in total. The van der Waals surface area contributed by atoms with Crippen LogP contribution in [0.1, 0.15) is 31.5 Å². The Balaban J connectivity index is 2.08. The van der Waals surface area contributed by atoms with Crippen LogP contribution in [0, 0.1) is 0 Å². The Morgan fingerprint density at radius 3 is 2.94 bits per heavy atom. The number of nitrogens with zero attached hydrogens (tertiary/aromatic N) is 2. The van der Waals surface area contributed by atoms with Gasteiger partial charge in [0.05, 0.1) is 5.69 Å². The third-order valence-electron chi connectivity index (χ3n) is 3.43. The maximum Gasteiger partial charge on any atom is 0.112 e. The minimum atomic E-state index is 0.583. The molecule has 1 aliphatic rings. The highest BCUT2D eigenvalue weighted by molar-refractivity contribution is 9.10. The van der Waals surface area contributed by atoms with E-state index in [1.165, 1.54) is 24.2 Å². The van der Waals surface area contributed by atoms with Gasteiger partial charge in [-0.05, 0) is 18.9 Å². The van der Waals surface area contributed by atoms with Crippen molar-refractivity contribution >= 4 is 15.9 Å². The number of imidazole rings is 1. The van der Waals surface area contributed by atoms with Gasteiger partial charge in [-0.2, -0.15) is 0 Å². The van der Waals surface area contributed by atoms with Crippen molar-refractivity contribution in [3.05, 3.63) is 40.8 Å². The van der Waals surface area contributed by atoms with E-state index in [-0.39, 0.29) is 0 Å². The molecule has 0 unspecified atom stereocenters. The van der Waals surface area contributed by atoms with Crippen molar-refractivity contribution in [2.75, 3.05) is 0 Å². The number of hydrogen-bond acceptors (Lipinski definition) is 1. The third kappa shape index (κ3) is 1.93. The summed E-state index contributed by atoms with van der Waals surface area (Å²) in [5, 5.41) is 0. The molecule has 2 nitrogen and oxygen atoms in total. The monoisotopic (exact) mass is 290 g/mol. The van der Waals surface area contributed by atoms with E-state index in [1.54, 1.807) is 0 Å². The second kappa shape index (κ2) is 4.30. The molecular weight excluding hydrogens is 276 g/mol. The van der Waals surface area contributed by atoms with Crippen LogP contribution in [0.2, 0.25) is 0 Å². The Labute approximate surface area is 110 Å². The number of halogens is 1. The summed E-state index contributed by atoms with van der Waals surface area (Å²) in [7, 11) is 0. The second-order valence-electron chi connectivity index (χ2n) is 4.70. The van der Waals surface area contributed by atoms with Gasteiger partial charge < -0.3 is 4.57 Å². The van der Waals surface area contributed by atoms with Crippen molar-refractivity contribution < 1.29 is 0 Å². The van der Waals surface area contributed by atoms with Gasteiger partial charge in [-0.1, -0.05) is 41.1 Å². The van der Waals surface area contributed by atoms with Crippen LogP contribution in [0.15, 0.2) is 34.9 Å². The first-order valence-electron chi connectivity index (χ1n) is 6.07. The normalized spacial score (nSPS) is 19.1. The molecular formula is C14H15BrN2. The zero-order valence-corrected chi connectivity index (χ0v) is 11.4. The molecule has 0 saturated heterocycles. The highest BCUT2D eigenvalue weighted by Gasteiger charge is 2.20. The van der Waals surface area contributed by atoms with E-state index in [1.807, 2.05) is 6.07 Å². The van der Waals surface area contributed by atoms with Crippen LogP contribution < -0.4 is 0 Å². The third-order valence-corrected chi connectivity index (χ3v) is 4.13. The van der Waals surface area contributed by atoms with Gasteiger partial charge in [0, 0.05) is 28.7 Å². The van der Waals surface area contributed by atoms with Crippen molar-refractivity contribution in [3.8, 4) is 11.3 Å². The van der Waals surface area contributed by atoms with Gasteiger partial charge in [-0.25, -0.2) is 4.98 Å². The van der Waals surface area contributed by atoms with Gasteiger partial charge in [0.15, 0.2) is 0 Å². The van der Waals surface area contributed by atoms with Crippen LogP contribution >= 0.6 is 15.9 Å². The number of aromatic nitrogens is 2. The molecule has 1 aliphatic heterocycles. The summed E-state index contributed by atoms with van der Waals surface area (Å²) >= 11 is 3.59. The van der Waals surface area contributed by atoms with Gasteiger partial charge in [0.25, 0.3) is 0 Å². The van der Waals surface area contributed by atoms with Crippen molar-refractivity contribution in [1.82, 2.24) is 9.55 Å². The minimum Gasteiger partial charge on any atom is -0.334 e. The molecule has 0 fully saturated rings. The first-order chi connectivity index (χ1) is 8.25. The largest absolute Gasteiger partial charge is 0.334 e. The number of hydrogen-bond donors (Lipinski definition) is 0. The Morgan fingerprint density at radius 1 is 1.35 bits per heavy atom. The fourth-order valence-corrected chi connectivity index (χ4v) is 2.99. The maximum atomic E-state index is 4.80. The molecule has 0 radical (unpaired) electrons. The van der Waals surface area contributed by atoms with E-state index in [0.29, 0.717) is 5.92 Å². The molecule has 1 aromatic heterocycles. The second-order valence-corrected chi connectivity index (χ2v) is 5.56. The van der Waals surface area contributed by atoms with Gasteiger partial charge in [-0.15, -0.1) is 0 Å². The van der Waals surface area contributed by atoms with E-state index >= 15 is 0 Å². The lowest BCUT2D eigenvalue weighted by molar-refractivity contribution is 0.463. The fourth-order valence-electron chi connectivity index (χ4n) is 2.50. The zero-order valence-electron chi connectivity index (χ0n) is 9.86. The van der Waals surface area contributed by atoms with E-state index in [0.717, 1.165) is 16.7 Å². The molecule has 88 valence electrons. The van der Waals surface area contributed by atoms with E-state index in [4.69, 9.17) is 4.98 Å². The average molecular weight is 291 g/mol. The Kier molecular flexibility index (Phi) is 2.79. The molecule has 0 aliphatic carbocycles. The highest BCUT2D eigenvalue weighted by atomic mass is 79.9. The van der Waals surface area contributed by atoms with Crippen molar-refractivity contribution in [2.45, 2.75) is 32.2 Å². The molecule has 3 rings (SSSR count). The van der Waals surface area contributed by atoms with Crippen LogP contribution in [0.5, 0.6) is 0 Å². The zero-order chi connectivity index (χ0) is 11.8. The standard InChI is InChI=1S/C14H15BrN2/c1-10-5-4-8-17-9-13(16-14(10)17)11-6-2-3-7-12(11)15/h2-3,6-7,9-10H,4-5,8H2,1H3/t10-/m1/s1. The van der Waals surface area contributed by atoms with Crippen LogP contribution in [-0.2, 0) is 6.54 Å². The summed E-state index contributed by atoms with van der Waals surface area (Å²) < 4.78 is 3.42. The van der Waals surface area contributed by atoms with Crippen LogP contribution in [0.3, 0.4) is 0 Å². The predicted molar refractivity (Wildman–Crippen MR) is 73.0 cm³/mol. The molecule has 1 aromatic carbocycles. The SMILES string of the molecule is C[C@@H]1CCCn2cc(-c3ccccc3Br)nc21. The summed E-state index contributed by atoms with van der Waals surface area (Å²) in [5.74, 6) is 1.82. The number of benzene rings is 1. The summed E-state index contributed by atoms with van der Waals surface area (Å²) in [5.41, 5.74) is 2.27. The van der Waals surface area contributed by atoms with E-state index in [2.05, 4.69) is 51.8 Å². The average Bonchev–Trinajstić information content (AvgIpc) is 2.75. The molecule has 2 heterocycles. The fraction of sp³-hybridized carbons (Fsp3) is 0.357. The predicted octanol–water partition coefficient (Wildman–Crippen LogP) is 4.21. The smallest absolute Gasteiger partial charge is 0.112 e. The first kappa shape index (κ1) is 11.0. The molecule has 0 saturated carbocycles. The van der Waals surface area contributed by atoms with Crippen molar-refractivity contribution in [2.24, 2.45) is 0 Å². The van der Waals surface area contributed by atoms with Gasteiger partial charge in [0.2, 0.25) is 0 Å². The van der Waals surface area contributed by atoms with Gasteiger partial charge in [0.1, 0.15) is 5.82 Å². The Morgan fingerprint density at radius 2 is 2.18 bits per heavy atom. The number of rotatable bonds is 1. The lowest BCUT2D eigenvalue weighted by atomic mass is 10.0. The quantitative estimate of drug-likeness (QED) is 0.769. The summed E-state index contributed by atoms with van der Waals surface area (Å²) in [6.45, 7) is 3.37. The van der Waals surface area contributed by atoms with Crippen LogP contribution in [-0.4, -0.2) is 9.55 Å². The molecule has 0 spiro atoms. The molecule has 17 heavy (non-hydrogen) atoms. The van der Waals surface area contributed by atoms with Gasteiger partial charge >= 0.3 is 0 Å². The highest BCUT2D eigenvalue weighted by Crippen LogP contribution is 2.32. The minimum absolute atomic E-state index is 0.583. The van der Waals surface area contributed by atoms with Crippen LogP contribution in [0.4, 0.5) is 0 Å². The molecule has 3 heteroatoms. The van der Waals surface area contributed by atoms with Crippen LogP contribution in [0.25, 0.3) is 11.3 Å². The van der Waals surface area contributed by atoms with Crippen molar-refractivity contribution in [1.29, 1.82) is 0 Å². The van der Waals surface area contributed by atoms with E-state index in [9.17, 15) is 0 Å². The molecule has 1 atom stereocenters. The Bertz CT molecular complexity index is 545. The Hall–Kier alpha value is -1.09. The van der Waals surface area contributed by atoms with Crippen molar-refractivity contribution in [3.63, 3.8) is 0 Å². The van der Waals surface area contributed by atoms with E-state index < -0.39 is 0 Å². The topological polar surface area (TPSA) is 17.8 Å². The number of aryl methyl sites for hydroxylation is 1. The van der Waals surface area contributed by atoms with Gasteiger partial charge in [-0.3, -0.25) is 0 Å². The summed E-state index contributed by atoms with van der Waals surface area (Å²) in [6.07, 6.45) is 4.71. The number of fused-ring (bicyclic) bond motifs is 1. The lowest BCUT2D eigenvalue weighted by Crippen LogP contribution is -2.12. The molecule has 0 bridgehead atoms. The summed E-state index contributed by atoms with van der Waals surface area (Å²) in [4.78, 5) is 4.80. The molecule has 2 aromatic rings. The molecule has 0 amide bonds. The maximum absolute atomic E-state index is 4.80. The first-order valence-corrected chi connectivity index (χ1v) is 6.87. The summed E-state index contributed by atoms with van der Waals surface area (Å²) in [6, 6.07) is 8.27.